The number of hydrogen-bond acceptors (Lipinski definition) is 9. The van der Waals surface area contributed by atoms with Crippen LogP contribution in [0.25, 0.3) is 0 Å². The summed E-state index contributed by atoms with van der Waals surface area (Å²) in [6.45, 7) is -1.82. The van der Waals surface area contributed by atoms with Gasteiger partial charge in [-0.2, -0.15) is 0 Å². The average Bonchev–Trinajstić information content (AvgIpc) is 2.42. The smallest absolute Gasteiger partial charge is 0.547 e. The van der Waals surface area contributed by atoms with Crippen LogP contribution in [-0.2, 0) is 38.2 Å². The van der Waals surface area contributed by atoms with E-state index in [-0.39, 0.29) is 51.4 Å². The first-order valence-electron chi connectivity index (χ1n) is 5.93. The van der Waals surface area contributed by atoms with Crippen molar-refractivity contribution >= 4 is 35.8 Å². The molecule has 0 bridgehead atoms. The van der Waals surface area contributed by atoms with Gasteiger partial charge in [-0.05, 0) is 0 Å². The SMILES string of the molecule is O=C(O)COC(C(=O)O)C(=O)O.O=C(O)COC(CC(=O)O)C(=O)[O-].[K+]. The maximum atomic E-state index is 10.2. The topological polar surface area (TPSA) is 245 Å². The van der Waals surface area contributed by atoms with E-state index in [1.54, 1.807) is 0 Å². The number of carboxylic acid groups (broad SMARTS) is 6. The van der Waals surface area contributed by atoms with E-state index in [0.29, 0.717) is 0 Å². The van der Waals surface area contributed by atoms with Gasteiger partial charge in [0.05, 0.1) is 12.4 Å². The number of carbonyl (C=O) groups excluding carboxylic acids is 1. The molecular weight excluding hydrogens is 395 g/mol. The van der Waals surface area contributed by atoms with Gasteiger partial charge in [-0.1, -0.05) is 0 Å². The van der Waals surface area contributed by atoms with Gasteiger partial charge >= 0.3 is 81.2 Å². The molecule has 15 heteroatoms. The van der Waals surface area contributed by atoms with Crippen molar-refractivity contribution in [2.24, 2.45) is 0 Å². The van der Waals surface area contributed by atoms with Crippen molar-refractivity contribution in [3.05, 3.63) is 0 Å². The molecule has 0 aromatic heterocycles. The molecule has 1 atom stereocenters. The third kappa shape index (κ3) is 17.2. The summed E-state index contributed by atoms with van der Waals surface area (Å²) in [5.74, 6) is -9.42. The summed E-state index contributed by atoms with van der Waals surface area (Å²) in [5.41, 5.74) is 0. The fourth-order valence-electron chi connectivity index (χ4n) is 0.944. The molecule has 0 radical (unpaired) electrons. The van der Waals surface area contributed by atoms with Gasteiger partial charge in [0.2, 0.25) is 0 Å². The second-order valence-corrected chi connectivity index (χ2v) is 3.87. The zero-order valence-electron chi connectivity index (χ0n) is 13.2. The molecule has 0 aromatic carbocycles. The molecule has 5 N–H and O–H groups in total. The van der Waals surface area contributed by atoms with Crippen LogP contribution < -0.4 is 56.5 Å². The second kappa shape index (κ2) is 15.6. The summed E-state index contributed by atoms with van der Waals surface area (Å²) in [6.07, 6.45) is -4.68. The van der Waals surface area contributed by atoms with Crippen LogP contribution in [0.3, 0.4) is 0 Å². The molecule has 0 amide bonds. The van der Waals surface area contributed by atoms with E-state index in [4.69, 9.17) is 25.5 Å². The zero-order valence-corrected chi connectivity index (χ0v) is 16.3. The standard InChI is InChI=1S/C6H8O7.C5H6O7.K/c7-4(8)1-3(6(11)12)13-2-5(9)10;6-2(7)1-12-3(4(8)9)5(10)11;/h3H,1-2H2,(H,7,8)(H,9,10)(H,11,12);3H,1H2,(H,6,7)(H,8,9)(H,10,11);/q;;+1/p-1. The van der Waals surface area contributed by atoms with E-state index in [9.17, 15) is 33.9 Å². The summed E-state index contributed by atoms with van der Waals surface area (Å²) in [6, 6.07) is 0. The van der Waals surface area contributed by atoms with Crippen molar-refractivity contribution in [3.63, 3.8) is 0 Å². The molecule has 0 aromatic rings. The van der Waals surface area contributed by atoms with Crippen molar-refractivity contribution < 1.29 is 120 Å². The molecule has 1 unspecified atom stereocenters. The fraction of sp³-hybridized carbons (Fsp3) is 0.455. The van der Waals surface area contributed by atoms with E-state index in [1.165, 1.54) is 0 Å². The molecule has 0 fully saturated rings. The summed E-state index contributed by atoms with van der Waals surface area (Å²) in [4.78, 5) is 60.1. The van der Waals surface area contributed by atoms with Crippen LogP contribution in [0.1, 0.15) is 6.42 Å². The molecule has 0 rings (SSSR count). The minimum Gasteiger partial charge on any atom is -0.547 e. The number of ether oxygens (including phenoxy) is 2. The Morgan fingerprint density at radius 3 is 1.38 bits per heavy atom. The molecule has 0 spiro atoms. The van der Waals surface area contributed by atoms with Gasteiger partial charge in [0.15, 0.2) is 0 Å². The van der Waals surface area contributed by atoms with E-state index < -0.39 is 67.7 Å². The van der Waals surface area contributed by atoms with Crippen molar-refractivity contribution in [2.75, 3.05) is 13.2 Å². The summed E-state index contributed by atoms with van der Waals surface area (Å²) < 4.78 is 8.26. The van der Waals surface area contributed by atoms with Gasteiger partial charge in [0, 0.05) is 0 Å². The molecule has 14 nitrogen and oxygen atoms in total. The van der Waals surface area contributed by atoms with Crippen molar-refractivity contribution in [3.8, 4) is 0 Å². The molecule has 142 valence electrons. The Hall–Kier alpha value is -1.62. The molecule has 0 aliphatic carbocycles. The molecule has 0 aliphatic heterocycles. The van der Waals surface area contributed by atoms with Crippen molar-refractivity contribution in [1.82, 2.24) is 0 Å². The van der Waals surface area contributed by atoms with Gasteiger partial charge in [-0.3, -0.25) is 4.79 Å². The van der Waals surface area contributed by atoms with Crippen molar-refractivity contribution in [2.45, 2.75) is 18.6 Å². The summed E-state index contributed by atoms with van der Waals surface area (Å²) >= 11 is 0. The van der Waals surface area contributed by atoms with Crippen LogP contribution in [0.15, 0.2) is 0 Å². The van der Waals surface area contributed by atoms with E-state index in [0.717, 1.165) is 0 Å². The van der Waals surface area contributed by atoms with Gasteiger partial charge in [0.1, 0.15) is 19.3 Å². The minimum absolute atomic E-state index is 0. The maximum absolute atomic E-state index is 10.2. The van der Waals surface area contributed by atoms with Crippen LogP contribution in [0.4, 0.5) is 0 Å². The Labute approximate surface area is 186 Å². The van der Waals surface area contributed by atoms with E-state index in [1.807, 2.05) is 0 Å². The third-order valence-corrected chi connectivity index (χ3v) is 1.85. The molecular formula is C11H13KO14. The molecule has 0 aliphatic rings. The summed E-state index contributed by atoms with van der Waals surface area (Å²) in [5, 5.41) is 50.8. The average molecular weight is 408 g/mol. The Morgan fingerprint density at radius 1 is 0.731 bits per heavy atom. The number of rotatable bonds is 11. The van der Waals surface area contributed by atoms with Gasteiger partial charge in [-0.15, -0.1) is 0 Å². The third-order valence-electron chi connectivity index (χ3n) is 1.85. The molecule has 0 heterocycles. The van der Waals surface area contributed by atoms with Crippen LogP contribution in [0.5, 0.6) is 0 Å². The number of aliphatic carboxylic acids is 6. The van der Waals surface area contributed by atoms with E-state index in [2.05, 4.69) is 9.47 Å². The van der Waals surface area contributed by atoms with E-state index >= 15 is 0 Å². The normalized spacial score (nSPS) is 10.5. The Balaban J connectivity index is -0.000000393. The Bertz CT molecular complexity index is 515. The first-order chi connectivity index (χ1) is 11.4. The van der Waals surface area contributed by atoms with Crippen molar-refractivity contribution in [1.29, 1.82) is 0 Å². The first-order valence-corrected chi connectivity index (χ1v) is 5.93. The number of carboxylic acids is 6. The number of carbonyl (C=O) groups is 6. The first kappa shape index (κ1) is 29.2. The monoisotopic (exact) mass is 408 g/mol. The largest absolute Gasteiger partial charge is 1.00 e. The quantitative estimate of drug-likeness (QED) is 0.157. The Kier molecular flexibility index (Phi) is 17.5. The second-order valence-electron chi connectivity index (χ2n) is 3.87. The van der Waals surface area contributed by atoms with Crippen LogP contribution in [0, 0.1) is 0 Å². The summed E-state index contributed by atoms with van der Waals surface area (Å²) in [7, 11) is 0. The number of hydrogen-bond donors (Lipinski definition) is 5. The van der Waals surface area contributed by atoms with Gasteiger partial charge in [0.25, 0.3) is 6.10 Å². The Morgan fingerprint density at radius 2 is 1.12 bits per heavy atom. The fourth-order valence-corrected chi connectivity index (χ4v) is 0.944. The maximum Gasteiger partial charge on any atom is 1.00 e. The molecule has 0 saturated heterocycles. The zero-order chi connectivity index (χ0) is 20.2. The van der Waals surface area contributed by atoms with Gasteiger partial charge < -0.3 is 44.9 Å². The van der Waals surface area contributed by atoms with Crippen LogP contribution in [-0.4, -0.2) is 86.8 Å². The van der Waals surface area contributed by atoms with Crippen LogP contribution in [0.2, 0.25) is 0 Å². The predicted octanol–water partition coefficient (Wildman–Crippen LogP) is -6.69. The minimum atomic E-state index is -2.12. The van der Waals surface area contributed by atoms with Crippen LogP contribution >= 0.6 is 0 Å². The molecule has 0 saturated carbocycles. The van der Waals surface area contributed by atoms with Gasteiger partial charge in [-0.25, -0.2) is 19.2 Å². The predicted molar refractivity (Wildman–Crippen MR) is 67.3 cm³/mol. The molecule has 26 heavy (non-hydrogen) atoms.